The number of Topliss-reactive ketones (excluding diaryl/α,β-unsaturated/α-hetero) is 1. The number of rotatable bonds is 7. The molecule has 0 fully saturated rings. The average Bonchev–Trinajstić information content (AvgIpc) is 3.30. The van der Waals surface area contributed by atoms with Crippen LogP contribution >= 0.6 is 23.2 Å². The first-order valence-electron chi connectivity index (χ1n) is 9.89. The summed E-state index contributed by atoms with van der Waals surface area (Å²) in [6.45, 7) is 5.93. The molecule has 0 spiro atoms. The van der Waals surface area contributed by atoms with Crippen LogP contribution in [0.4, 0.5) is 0 Å². The first kappa shape index (κ1) is 21.7. The van der Waals surface area contributed by atoms with Crippen molar-refractivity contribution in [3.05, 3.63) is 57.3 Å². The standard InChI is InChI=1S/C21H22Cl2N6O2/c1-11(2)20-25-21-16(22)6-13(10-28(21)27-20)5-15(30)7-14-9-24-18-8-17(23)26-29(18)19(14)12(3)31-4/h6,8-12H,5,7H2,1-4H3/t12-/m0/s1. The highest BCUT2D eigenvalue weighted by Gasteiger charge is 2.20. The second-order valence-corrected chi connectivity index (χ2v) is 8.56. The molecule has 8 nitrogen and oxygen atoms in total. The smallest absolute Gasteiger partial charge is 0.174 e. The van der Waals surface area contributed by atoms with Crippen molar-refractivity contribution >= 4 is 40.3 Å². The minimum absolute atomic E-state index is 0.00331. The van der Waals surface area contributed by atoms with Gasteiger partial charge in [-0.05, 0) is 18.6 Å². The molecule has 4 heterocycles. The van der Waals surface area contributed by atoms with Gasteiger partial charge in [-0.2, -0.15) is 10.2 Å². The minimum Gasteiger partial charge on any atom is -0.375 e. The summed E-state index contributed by atoms with van der Waals surface area (Å²) in [4.78, 5) is 21.8. The number of carbonyl (C=O) groups excluding carboxylic acids is 1. The van der Waals surface area contributed by atoms with Crippen LogP contribution in [0.1, 0.15) is 55.4 Å². The van der Waals surface area contributed by atoms with Gasteiger partial charge in [0.05, 0.1) is 16.8 Å². The Morgan fingerprint density at radius 3 is 2.65 bits per heavy atom. The largest absolute Gasteiger partial charge is 0.375 e. The van der Waals surface area contributed by atoms with Crippen molar-refractivity contribution in [2.45, 2.75) is 45.6 Å². The van der Waals surface area contributed by atoms with Crippen molar-refractivity contribution in [2.24, 2.45) is 0 Å². The maximum absolute atomic E-state index is 12.9. The molecule has 0 unspecified atom stereocenters. The third-order valence-corrected chi connectivity index (χ3v) is 5.54. The molecular formula is C21H22Cl2N6O2. The van der Waals surface area contributed by atoms with Crippen molar-refractivity contribution in [1.82, 2.24) is 29.2 Å². The molecule has 0 aliphatic rings. The van der Waals surface area contributed by atoms with Crippen molar-refractivity contribution in [3.63, 3.8) is 0 Å². The number of pyridine rings is 1. The van der Waals surface area contributed by atoms with Crippen LogP contribution in [0.5, 0.6) is 0 Å². The Hall–Kier alpha value is -2.55. The Labute approximate surface area is 189 Å². The van der Waals surface area contributed by atoms with Crippen molar-refractivity contribution in [2.75, 3.05) is 7.11 Å². The van der Waals surface area contributed by atoms with Crippen molar-refractivity contribution < 1.29 is 9.53 Å². The predicted octanol–water partition coefficient (Wildman–Crippen LogP) is 4.26. The zero-order valence-corrected chi connectivity index (χ0v) is 19.1. The van der Waals surface area contributed by atoms with Gasteiger partial charge in [-0.1, -0.05) is 37.0 Å². The van der Waals surface area contributed by atoms with Crippen molar-refractivity contribution in [1.29, 1.82) is 0 Å². The molecule has 0 aliphatic carbocycles. The number of aromatic nitrogens is 6. The lowest BCUT2D eigenvalue weighted by atomic mass is 10.0. The van der Waals surface area contributed by atoms with Crippen LogP contribution in [0.2, 0.25) is 10.2 Å². The SMILES string of the molecule is CO[C@@H](C)c1c(CC(=O)Cc2cc(Cl)c3nc(C(C)C)nn3c2)cnc2cc(Cl)nn12. The Morgan fingerprint density at radius 1 is 1.16 bits per heavy atom. The molecule has 0 saturated carbocycles. The monoisotopic (exact) mass is 460 g/mol. The van der Waals surface area contributed by atoms with E-state index in [0.29, 0.717) is 27.3 Å². The fourth-order valence-electron chi connectivity index (χ4n) is 3.50. The second-order valence-electron chi connectivity index (χ2n) is 7.77. The van der Waals surface area contributed by atoms with Crippen LogP contribution in [0, 0.1) is 0 Å². The summed E-state index contributed by atoms with van der Waals surface area (Å²) in [5, 5.41) is 9.55. The van der Waals surface area contributed by atoms with E-state index in [1.54, 1.807) is 40.7 Å². The Balaban J connectivity index is 1.62. The van der Waals surface area contributed by atoms with Gasteiger partial charge in [0.1, 0.15) is 5.78 Å². The van der Waals surface area contributed by atoms with E-state index in [4.69, 9.17) is 27.9 Å². The topological polar surface area (TPSA) is 86.7 Å². The summed E-state index contributed by atoms with van der Waals surface area (Å²) in [6, 6.07) is 3.43. The molecule has 0 radical (unpaired) electrons. The van der Waals surface area contributed by atoms with Gasteiger partial charge in [-0.15, -0.1) is 0 Å². The quantitative estimate of drug-likeness (QED) is 0.409. The third kappa shape index (κ3) is 4.28. The molecule has 1 atom stereocenters. The average molecular weight is 461 g/mol. The summed E-state index contributed by atoms with van der Waals surface area (Å²) >= 11 is 12.4. The molecule has 0 aromatic carbocycles. The van der Waals surface area contributed by atoms with Crippen LogP contribution in [-0.4, -0.2) is 42.1 Å². The van der Waals surface area contributed by atoms with Crippen LogP contribution in [0.25, 0.3) is 11.3 Å². The van der Waals surface area contributed by atoms with Crippen LogP contribution in [-0.2, 0) is 22.4 Å². The number of ketones is 1. The van der Waals surface area contributed by atoms with E-state index in [9.17, 15) is 4.79 Å². The van der Waals surface area contributed by atoms with E-state index in [1.807, 2.05) is 20.8 Å². The molecule has 0 N–H and O–H groups in total. The minimum atomic E-state index is -0.292. The lowest BCUT2D eigenvalue weighted by Gasteiger charge is -2.16. The van der Waals surface area contributed by atoms with E-state index < -0.39 is 0 Å². The van der Waals surface area contributed by atoms with Gasteiger partial charge in [-0.25, -0.2) is 19.0 Å². The first-order valence-corrected chi connectivity index (χ1v) is 10.6. The summed E-state index contributed by atoms with van der Waals surface area (Å²) < 4.78 is 8.77. The van der Waals surface area contributed by atoms with Crippen molar-refractivity contribution in [3.8, 4) is 0 Å². The number of hydrogen-bond donors (Lipinski definition) is 0. The highest BCUT2D eigenvalue weighted by molar-refractivity contribution is 6.33. The fourth-order valence-corrected chi connectivity index (χ4v) is 3.94. The lowest BCUT2D eigenvalue weighted by Crippen LogP contribution is -2.15. The van der Waals surface area contributed by atoms with E-state index in [2.05, 4.69) is 20.2 Å². The highest BCUT2D eigenvalue weighted by atomic mass is 35.5. The fraction of sp³-hybridized carbons (Fsp3) is 0.381. The maximum Gasteiger partial charge on any atom is 0.174 e. The van der Waals surface area contributed by atoms with Gasteiger partial charge in [0, 0.05) is 49.9 Å². The molecular weight excluding hydrogens is 439 g/mol. The number of hydrogen-bond acceptors (Lipinski definition) is 6. The van der Waals surface area contributed by atoms with E-state index in [-0.39, 0.29) is 30.6 Å². The molecule has 0 saturated heterocycles. The summed E-state index contributed by atoms with van der Waals surface area (Å²) in [6.07, 6.45) is 3.56. The molecule has 162 valence electrons. The van der Waals surface area contributed by atoms with Gasteiger partial charge >= 0.3 is 0 Å². The Bertz CT molecular complexity index is 1280. The Kier molecular flexibility index (Phi) is 5.96. The van der Waals surface area contributed by atoms with Gasteiger partial charge in [0.25, 0.3) is 0 Å². The molecule has 0 amide bonds. The Morgan fingerprint density at radius 2 is 1.94 bits per heavy atom. The lowest BCUT2D eigenvalue weighted by molar-refractivity contribution is -0.117. The number of carbonyl (C=O) groups is 1. The summed E-state index contributed by atoms with van der Waals surface area (Å²) in [7, 11) is 1.61. The first-order chi connectivity index (χ1) is 14.8. The van der Waals surface area contributed by atoms with Gasteiger partial charge < -0.3 is 4.74 Å². The van der Waals surface area contributed by atoms with Gasteiger partial charge in [-0.3, -0.25) is 4.79 Å². The maximum atomic E-state index is 12.9. The molecule has 0 aliphatic heterocycles. The number of halogens is 2. The zero-order valence-electron chi connectivity index (χ0n) is 17.6. The molecule has 10 heteroatoms. The molecule has 4 aromatic rings. The number of nitrogens with zero attached hydrogens (tertiary/aromatic N) is 6. The van der Waals surface area contributed by atoms with Crippen LogP contribution in [0.15, 0.2) is 24.5 Å². The van der Waals surface area contributed by atoms with Crippen LogP contribution < -0.4 is 0 Å². The van der Waals surface area contributed by atoms with Gasteiger partial charge in [0.2, 0.25) is 0 Å². The van der Waals surface area contributed by atoms with Crippen LogP contribution in [0.3, 0.4) is 0 Å². The molecule has 31 heavy (non-hydrogen) atoms. The normalized spacial score (nSPS) is 12.9. The third-order valence-electron chi connectivity index (χ3n) is 5.08. The van der Waals surface area contributed by atoms with Gasteiger partial charge in [0.15, 0.2) is 22.3 Å². The molecule has 0 bridgehead atoms. The summed E-state index contributed by atoms with van der Waals surface area (Å²) in [5.74, 6) is 0.893. The number of ether oxygens (including phenoxy) is 1. The highest BCUT2D eigenvalue weighted by Crippen LogP contribution is 2.24. The van der Waals surface area contributed by atoms with E-state index in [1.165, 1.54) is 0 Å². The number of methoxy groups -OCH3 is 1. The van der Waals surface area contributed by atoms with E-state index >= 15 is 0 Å². The van der Waals surface area contributed by atoms with E-state index in [0.717, 1.165) is 16.8 Å². The summed E-state index contributed by atoms with van der Waals surface area (Å²) in [5.41, 5.74) is 3.44. The molecule has 4 aromatic heterocycles. The second kappa shape index (κ2) is 8.53. The molecule has 4 rings (SSSR count). The number of fused-ring (bicyclic) bond motifs is 2. The predicted molar refractivity (Wildman–Crippen MR) is 118 cm³/mol. The zero-order chi connectivity index (χ0) is 22.3.